The summed E-state index contributed by atoms with van der Waals surface area (Å²) in [5, 5.41) is 12.0. The van der Waals surface area contributed by atoms with Crippen molar-refractivity contribution >= 4 is 23.5 Å². The second-order valence-corrected chi connectivity index (χ2v) is 5.67. The number of ether oxygens (including phenoxy) is 1. The SMILES string of the molecule is O=C(NCC(C(=O)O)C1CCOCC1)c1cc(Cl)ccc1F. The summed E-state index contributed by atoms with van der Waals surface area (Å²) in [6.45, 7) is 0.988. The number of carboxylic acid groups (broad SMARTS) is 1. The van der Waals surface area contributed by atoms with Crippen LogP contribution in [0.5, 0.6) is 0 Å². The quantitative estimate of drug-likeness (QED) is 0.869. The molecule has 1 heterocycles. The van der Waals surface area contributed by atoms with E-state index < -0.39 is 23.6 Å². The van der Waals surface area contributed by atoms with Crippen molar-refractivity contribution < 1.29 is 23.8 Å². The molecule has 1 aliphatic heterocycles. The van der Waals surface area contributed by atoms with Crippen LogP contribution in [-0.2, 0) is 9.53 Å². The fourth-order valence-electron chi connectivity index (χ4n) is 2.54. The molecule has 2 N–H and O–H groups in total. The van der Waals surface area contributed by atoms with Crippen LogP contribution in [0, 0.1) is 17.7 Å². The molecule has 7 heteroatoms. The van der Waals surface area contributed by atoms with Crippen LogP contribution >= 0.6 is 11.6 Å². The Bertz CT molecular complexity index is 560. The van der Waals surface area contributed by atoms with Gasteiger partial charge in [-0.25, -0.2) is 4.39 Å². The Labute approximate surface area is 132 Å². The fraction of sp³-hybridized carbons (Fsp3) is 0.467. The number of rotatable bonds is 5. The number of benzene rings is 1. The van der Waals surface area contributed by atoms with Gasteiger partial charge in [0.15, 0.2) is 0 Å². The minimum atomic E-state index is -0.973. The van der Waals surface area contributed by atoms with Crippen LogP contribution in [0.15, 0.2) is 18.2 Å². The topological polar surface area (TPSA) is 75.6 Å². The summed E-state index contributed by atoms with van der Waals surface area (Å²) < 4.78 is 18.8. The molecule has 1 unspecified atom stereocenters. The zero-order chi connectivity index (χ0) is 16.1. The van der Waals surface area contributed by atoms with Gasteiger partial charge in [0.2, 0.25) is 0 Å². The predicted octanol–water partition coefficient (Wildman–Crippen LogP) is 2.34. The van der Waals surface area contributed by atoms with Crippen molar-refractivity contribution in [2.45, 2.75) is 12.8 Å². The molecule has 1 amide bonds. The van der Waals surface area contributed by atoms with Gasteiger partial charge in [-0.15, -0.1) is 0 Å². The third kappa shape index (κ3) is 4.18. The van der Waals surface area contributed by atoms with Crippen LogP contribution in [0.25, 0.3) is 0 Å². The van der Waals surface area contributed by atoms with Crippen LogP contribution in [0.2, 0.25) is 5.02 Å². The number of carbonyl (C=O) groups excluding carboxylic acids is 1. The lowest BCUT2D eigenvalue weighted by Gasteiger charge is -2.27. The molecule has 0 saturated carbocycles. The van der Waals surface area contributed by atoms with Crippen molar-refractivity contribution in [3.8, 4) is 0 Å². The number of nitrogens with one attached hydrogen (secondary N) is 1. The molecule has 1 aliphatic rings. The normalized spacial score (nSPS) is 17.0. The highest BCUT2D eigenvalue weighted by atomic mass is 35.5. The van der Waals surface area contributed by atoms with Crippen LogP contribution in [0.1, 0.15) is 23.2 Å². The zero-order valence-electron chi connectivity index (χ0n) is 11.9. The molecule has 0 spiro atoms. The Kier molecular flexibility index (Phi) is 5.74. The third-order valence-electron chi connectivity index (χ3n) is 3.81. The number of halogens is 2. The van der Waals surface area contributed by atoms with Gasteiger partial charge in [0, 0.05) is 24.8 Å². The first-order valence-corrected chi connectivity index (χ1v) is 7.40. The van der Waals surface area contributed by atoms with Gasteiger partial charge in [0.25, 0.3) is 5.91 Å². The lowest BCUT2D eigenvalue weighted by atomic mass is 9.86. The van der Waals surface area contributed by atoms with Gasteiger partial charge in [0.1, 0.15) is 5.82 Å². The summed E-state index contributed by atoms with van der Waals surface area (Å²) in [5.41, 5.74) is -0.191. The molecule has 1 aromatic rings. The highest BCUT2D eigenvalue weighted by Gasteiger charge is 2.30. The summed E-state index contributed by atoms with van der Waals surface area (Å²) in [6.07, 6.45) is 1.27. The summed E-state index contributed by atoms with van der Waals surface area (Å²) in [4.78, 5) is 23.4. The highest BCUT2D eigenvalue weighted by Crippen LogP contribution is 2.24. The van der Waals surface area contributed by atoms with Crippen molar-refractivity contribution in [1.29, 1.82) is 0 Å². The Hall–Kier alpha value is -1.66. The van der Waals surface area contributed by atoms with E-state index in [2.05, 4.69) is 5.32 Å². The maximum absolute atomic E-state index is 13.6. The van der Waals surface area contributed by atoms with Crippen molar-refractivity contribution in [3.63, 3.8) is 0 Å². The van der Waals surface area contributed by atoms with Gasteiger partial charge in [-0.3, -0.25) is 9.59 Å². The maximum Gasteiger partial charge on any atom is 0.308 e. The molecule has 1 saturated heterocycles. The largest absolute Gasteiger partial charge is 0.481 e. The summed E-state index contributed by atoms with van der Waals surface area (Å²) in [6, 6.07) is 3.66. The molecule has 1 fully saturated rings. The number of carboxylic acids is 1. The van der Waals surface area contributed by atoms with Crippen molar-refractivity contribution in [3.05, 3.63) is 34.6 Å². The maximum atomic E-state index is 13.6. The lowest BCUT2D eigenvalue weighted by Crippen LogP contribution is -2.39. The van der Waals surface area contributed by atoms with E-state index in [4.69, 9.17) is 16.3 Å². The van der Waals surface area contributed by atoms with Crippen molar-refractivity contribution in [2.24, 2.45) is 11.8 Å². The van der Waals surface area contributed by atoms with Gasteiger partial charge in [-0.1, -0.05) is 11.6 Å². The number of amides is 1. The second kappa shape index (κ2) is 7.56. The first-order chi connectivity index (χ1) is 10.5. The van der Waals surface area contributed by atoms with Gasteiger partial charge in [-0.2, -0.15) is 0 Å². The minimum Gasteiger partial charge on any atom is -0.481 e. The second-order valence-electron chi connectivity index (χ2n) is 5.23. The van der Waals surface area contributed by atoms with Crippen molar-refractivity contribution in [2.75, 3.05) is 19.8 Å². The standard InChI is InChI=1S/C15H17ClFNO4/c16-10-1-2-13(17)11(7-10)14(19)18-8-12(15(20)21)9-3-5-22-6-4-9/h1-2,7,9,12H,3-6,8H2,(H,18,19)(H,20,21). The minimum absolute atomic E-state index is 0.0508. The molecule has 0 bridgehead atoms. The first-order valence-electron chi connectivity index (χ1n) is 7.03. The van der Waals surface area contributed by atoms with Gasteiger partial charge in [-0.05, 0) is 37.0 Å². The van der Waals surface area contributed by atoms with Gasteiger partial charge >= 0.3 is 5.97 Å². The molecule has 0 radical (unpaired) electrons. The van der Waals surface area contributed by atoms with Crippen LogP contribution in [0.4, 0.5) is 4.39 Å². The summed E-state index contributed by atoms with van der Waals surface area (Å²) >= 11 is 5.74. The molecule has 0 aliphatic carbocycles. The molecule has 1 aromatic carbocycles. The Morgan fingerprint density at radius 3 is 2.73 bits per heavy atom. The first kappa shape index (κ1) is 16.7. The predicted molar refractivity (Wildman–Crippen MR) is 78.4 cm³/mol. The monoisotopic (exact) mass is 329 g/mol. The van der Waals surface area contributed by atoms with Crippen LogP contribution < -0.4 is 5.32 Å². The van der Waals surface area contributed by atoms with E-state index in [0.29, 0.717) is 26.1 Å². The lowest BCUT2D eigenvalue weighted by molar-refractivity contribution is -0.144. The zero-order valence-corrected chi connectivity index (χ0v) is 12.6. The van der Waals surface area contributed by atoms with Crippen LogP contribution in [0.3, 0.4) is 0 Å². The van der Waals surface area contributed by atoms with E-state index >= 15 is 0 Å². The van der Waals surface area contributed by atoms with Crippen LogP contribution in [-0.4, -0.2) is 36.7 Å². The van der Waals surface area contributed by atoms with E-state index in [1.165, 1.54) is 12.1 Å². The van der Waals surface area contributed by atoms with E-state index in [0.717, 1.165) is 6.07 Å². The molecule has 0 aromatic heterocycles. The van der Waals surface area contributed by atoms with E-state index in [9.17, 15) is 19.1 Å². The number of carbonyl (C=O) groups is 2. The number of hydrogen-bond donors (Lipinski definition) is 2. The molecule has 120 valence electrons. The summed E-state index contributed by atoms with van der Waals surface area (Å²) in [7, 11) is 0. The Morgan fingerprint density at radius 2 is 2.09 bits per heavy atom. The molecule has 5 nitrogen and oxygen atoms in total. The van der Waals surface area contributed by atoms with E-state index in [1.54, 1.807) is 0 Å². The molecular formula is C15H17ClFNO4. The Balaban J connectivity index is 2.01. The van der Waals surface area contributed by atoms with E-state index in [1.807, 2.05) is 0 Å². The molecule has 1 atom stereocenters. The average molecular weight is 330 g/mol. The molecule has 22 heavy (non-hydrogen) atoms. The number of aliphatic carboxylic acids is 1. The van der Waals surface area contributed by atoms with E-state index in [-0.39, 0.29) is 23.0 Å². The smallest absolute Gasteiger partial charge is 0.308 e. The van der Waals surface area contributed by atoms with Gasteiger partial charge in [0.05, 0.1) is 11.5 Å². The fourth-order valence-corrected chi connectivity index (χ4v) is 2.72. The third-order valence-corrected chi connectivity index (χ3v) is 4.04. The molecule has 2 rings (SSSR count). The van der Waals surface area contributed by atoms with Gasteiger partial charge < -0.3 is 15.2 Å². The average Bonchev–Trinajstić information content (AvgIpc) is 2.50. The number of hydrogen-bond acceptors (Lipinski definition) is 3. The highest BCUT2D eigenvalue weighted by molar-refractivity contribution is 6.31. The van der Waals surface area contributed by atoms with Crippen molar-refractivity contribution in [1.82, 2.24) is 5.32 Å². The Morgan fingerprint density at radius 1 is 1.41 bits per heavy atom. The summed E-state index contributed by atoms with van der Waals surface area (Å²) in [5.74, 6) is -3.11. The molecular weight excluding hydrogens is 313 g/mol.